The van der Waals surface area contributed by atoms with E-state index in [1.54, 1.807) is 0 Å². The molecule has 0 aliphatic rings. The number of H-pyrrole nitrogens is 1. The highest BCUT2D eigenvalue weighted by Gasteiger charge is 2.09. The number of hydrogen-bond donors (Lipinski definition) is 2. The molecule has 0 saturated heterocycles. The number of aromatic nitrogens is 3. The van der Waals surface area contributed by atoms with E-state index in [1.165, 1.54) is 12.3 Å². The highest BCUT2D eigenvalue weighted by atomic mass is 35.5. The highest BCUT2D eigenvalue weighted by Crippen LogP contribution is 2.18. The van der Waals surface area contributed by atoms with E-state index >= 15 is 0 Å². The number of nitrogens with one attached hydrogen (secondary N) is 2. The van der Waals surface area contributed by atoms with Gasteiger partial charge in [-0.15, -0.1) is 0 Å². The van der Waals surface area contributed by atoms with Crippen LogP contribution in [0.1, 0.15) is 10.5 Å². The normalized spacial score (nSPS) is 10.1. The van der Waals surface area contributed by atoms with Crippen molar-refractivity contribution >= 4 is 23.2 Å². The smallest absolute Gasteiger partial charge is 0.277 e. The molecule has 0 spiro atoms. The molecular formula is C9H6ClFN4O. The molecule has 1 heterocycles. The molecule has 0 saturated carbocycles. The second-order valence-electron chi connectivity index (χ2n) is 2.97. The van der Waals surface area contributed by atoms with Crippen molar-refractivity contribution in [2.75, 3.05) is 5.32 Å². The lowest BCUT2D eigenvalue weighted by Crippen LogP contribution is -2.12. The Morgan fingerprint density at radius 1 is 1.44 bits per heavy atom. The van der Waals surface area contributed by atoms with E-state index in [2.05, 4.69) is 20.7 Å². The Bertz CT molecular complexity index is 494. The molecule has 16 heavy (non-hydrogen) atoms. The van der Waals surface area contributed by atoms with Crippen molar-refractivity contribution in [3.05, 3.63) is 40.9 Å². The van der Waals surface area contributed by atoms with Crippen LogP contribution in [0.5, 0.6) is 0 Å². The molecule has 0 atom stereocenters. The summed E-state index contributed by atoms with van der Waals surface area (Å²) in [4.78, 5) is 11.5. The van der Waals surface area contributed by atoms with Gasteiger partial charge in [-0.1, -0.05) is 11.6 Å². The Morgan fingerprint density at radius 3 is 2.88 bits per heavy atom. The zero-order chi connectivity index (χ0) is 11.5. The summed E-state index contributed by atoms with van der Waals surface area (Å²) in [5, 5.41) is 12.0. The third-order valence-electron chi connectivity index (χ3n) is 1.77. The molecule has 1 aromatic carbocycles. The van der Waals surface area contributed by atoms with Crippen molar-refractivity contribution in [1.29, 1.82) is 0 Å². The standard InChI is InChI=1S/C9H6ClFN4O/c10-5-1-6(11)3-7(2-5)13-9(16)8-4-12-15-14-8/h1-4H,(H,13,16)(H,12,14,15). The maximum Gasteiger partial charge on any atom is 0.277 e. The SMILES string of the molecule is O=C(Nc1cc(F)cc(Cl)c1)c1cn[nH]n1. The molecule has 0 bridgehead atoms. The predicted molar refractivity (Wildman–Crippen MR) is 55.7 cm³/mol. The maximum absolute atomic E-state index is 13.0. The summed E-state index contributed by atoms with van der Waals surface area (Å²) in [6.45, 7) is 0. The third kappa shape index (κ3) is 2.34. The number of carbonyl (C=O) groups is 1. The minimum Gasteiger partial charge on any atom is -0.320 e. The Morgan fingerprint density at radius 2 is 2.25 bits per heavy atom. The molecule has 2 aromatic rings. The van der Waals surface area contributed by atoms with E-state index < -0.39 is 11.7 Å². The van der Waals surface area contributed by atoms with Gasteiger partial charge in [-0.3, -0.25) is 4.79 Å². The molecule has 2 rings (SSSR count). The number of hydrogen-bond acceptors (Lipinski definition) is 3. The van der Waals surface area contributed by atoms with E-state index in [0.717, 1.165) is 12.1 Å². The van der Waals surface area contributed by atoms with Gasteiger partial charge in [-0.2, -0.15) is 15.4 Å². The molecule has 0 fully saturated rings. The summed E-state index contributed by atoms with van der Waals surface area (Å²) in [6, 6.07) is 3.74. The minimum absolute atomic E-state index is 0.111. The van der Waals surface area contributed by atoms with E-state index in [-0.39, 0.29) is 16.4 Å². The first-order valence-electron chi connectivity index (χ1n) is 4.28. The quantitative estimate of drug-likeness (QED) is 0.842. The Hall–Kier alpha value is -1.95. The van der Waals surface area contributed by atoms with Crippen LogP contribution in [0, 0.1) is 5.82 Å². The van der Waals surface area contributed by atoms with Crippen molar-refractivity contribution in [2.45, 2.75) is 0 Å². The van der Waals surface area contributed by atoms with Crippen molar-refractivity contribution < 1.29 is 9.18 Å². The average Bonchev–Trinajstić information content (AvgIpc) is 2.68. The molecule has 1 amide bonds. The van der Waals surface area contributed by atoms with Gasteiger partial charge in [0.15, 0.2) is 5.69 Å². The van der Waals surface area contributed by atoms with Crippen LogP contribution in [-0.4, -0.2) is 21.3 Å². The second-order valence-corrected chi connectivity index (χ2v) is 3.40. The van der Waals surface area contributed by atoms with Crippen LogP contribution >= 0.6 is 11.6 Å². The van der Waals surface area contributed by atoms with E-state index in [4.69, 9.17) is 11.6 Å². The van der Waals surface area contributed by atoms with Crippen LogP contribution in [0.3, 0.4) is 0 Å². The number of halogens is 2. The summed E-state index contributed by atoms with van der Waals surface area (Å²) in [5.41, 5.74) is 0.374. The lowest BCUT2D eigenvalue weighted by atomic mass is 10.3. The van der Waals surface area contributed by atoms with Gasteiger partial charge in [0.1, 0.15) is 5.82 Å². The Labute approximate surface area is 94.6 Å². The van der Waals surface area contributed by atoms with Crippen LogP contribution in [0.4, 0.5) is 10.1 Å². The van der Waals surface area contributed by atoms with Gasteiger partial charge < -0.3 is 5.32 Å². The van der Waals surface area contributed by atoms with Gasteiger partial charge in [-0.25, -0.2) is 4.39 Å². The van der Waals surface area contributed by atoms with Crippen molar-refractivity contribution in [3.8, 4) is 0 Å². The number of nitrogens with zero attached hydrogens (tertiary/aromatic N) is 2. The van der Waals surface area contributed by atoms with Gasteiger partial charge in [-0.05, 0) is 18.2 Å². The van der Waals surface area contributed by atoms with Gasteiger partial charge in [0.05, 0.1) is 6.20 Å². The minimum atomic E-state index is -0.525. The Balaban J connectivity index is 2.18. The lowest BCUT2D eigenvalue weighted by molar-refractivity contribution is 0.102. The summed E-state index contributed by atoms with van der Waals surface area (Å²) in [5.74, 6) is -1.02. The van der Waals surface area contributed by atoms with Crippen molar-refractivity contribution in [1.82, 2.24) is 15.4 Å². The second kappa shape index (κ2) is 4.28. The summed E-state index contributed by atoms with van der Waals surface area (Å²) >= 11 is 5.63. The van der Waals surface area contributed by atoms with Crippen LogP contribution in [0.15, 0.2) is 24.4 Å². The fourth-order valence-corrected chi connectivity index (χ4v) is 1.35. The number of benzene rings is 1. The molecule has 2 N–H and O–H groups in total. The zero-order valence-electron chi connectivity index (χ0n) is 7.87. The average molecular weight is 241 g/mol. The largest absolute Gasteiger partial charge is 0.320 e. The fraction of sp³-hybridized carbons (Fsp3) is 0. The first-order chi connectivity index (χ1) is 7.65. The van der Waals surface area contributed by atoms with Crippen molar-refractivity contribution in [2.24, 2.45) is 0 Å². The molecule has 0 aliphatic carbocycles. The zero-order valence-corrected chi connectivity index (χ0v) is 8.62. The van der Waals surface area contributed by atoms with Crippen LogP contribution in [0.2, 0.25) is 5.02 Å². The highest BCUT2D eigenvalue weighted by molar-refractivity contribution is 6.31. The van der Waals surface area contributed by atoms with Crippen LogP contribution in [-0.2, 0) is 0 Å². The number of aromatic amines is 1. The number of anilines is 1. The first-order valence-corrected chi connectivity index (χ1v) is 4.66. The van der Waals surface area contributed by atoms with Gasteiger partial charge in [0.25, 0.3) is 5.91 Å². The summed E-state index contributed by atoms with van der Waals surface area (Å²) in [7, 11) is 0. The lowest BCUT2D eigenvalue weighted by Gasteiger charge is -2.03. The van der Waals surface area contributed by atoms with Gasteiger partial charge >= 0.3 is 0 Å². The molecule has 0 unspecified atom stereocenters. The molecule has 0 aliphatic heterocycles. The molecular weight excluding hydrogens is 235 g/mol. The summed E-state index contributed by atoms with van der Waals surface area (Å²) < 4.78 is 13.0. The molecule has 7 heteroatoms. The molecule has 1 aromatic heterocycles. The van der Waals surface area contributed by atoms with Crippen LogP contribution < -0.4 is 5.32 Å². The van der Waals surface area contributed by atoms with E-state index in [1.807, 2.05) is 0 Å². The topological polar surface area (TPSA) is 70.7 Å². The van der Waals surface area contributed by atoms with E-state index in [0.29, 0.717) is 0 Å². The molecule has 82 valence electrons. The number of carbonyl (C=O) groups excluding carboxylic acids is 1. The fourth-order valence-electron chi connectivity index (χ4n) is 1.13. The molecule has 0 radical (unpaired) electrons. The predicted octanol–water partition coefficient (Wildman–Crippen LogP) is 1.85. The summed E-state index contributed by atoms with van der Waals surface area (Å²) in [6.07, 6.45) is 1.26. The third-order valence-corrected chi connectivity index (χ3v) is 1.99. The van der Waals surface area contributed by atoms with Gasteiger partial charge in [0, 0.05) is 10.7 Å². The number of rotatable bonds is 2. The number of amides is 1. The Kier molecular flexibility index (Phi) is 2.82. The molecule has 5 nitrogen and oxygen atoms in total. The maximum atomic E-state index is 13.0. The first kappa shape index (κ1) is 10.6. The van der Waals surface area contributed by atoms with E-state index in [9.17, 15) is 9.18 Å². The van der Waals surface area contributed by atoms with Crippen molar-refractivity contribution in [3.63, 3.8) is 0 Å². The van der Waals surface area contributed by atoms with Crippen LogP contribution in [0.25, 0.3) is 0 Å². The monoisotopic (exact) mass is 240 g/mol. The van der Waals surface area contributed by atoms with Gasteiger partial charge in [0.2, 0.25) is 0 Å².